The summed E-state index contributed by atoms with van der Waals surface area (Å²) in [5.74, 6) is 1.30. The normalized spacial score (nSPS) is 25.8. The van der Waals surface area contributed by atoms with Crippen molar-refractivity contribution in [3.05, 3.63) is 23.7 Å². The van der Waals surface area contributed by atoms with E-state index in [1.807, 2.05) is 17.9 Å². The van der Waals surface area contributed by atoms with Crippen LogP contribution in [-0.4, -0.2) is 22.9 Å². The van der Waals surface area contributed by atoms with Crippen LogP contribution < -0.4 is 0 Å². The van der Waals surface area contributed by atoms with Crippen molar-refractivity contribution in [2.45, 2.75) is 52.1 Å². The van der Waals surface area contributed by atoms with E-state index in [2.05, 4.69) is 13.8 Å². The zero-order chi connectivity index (χ0) is 11.7. The maximum Gasteiger partial charge on any atom is 0.290 e. The van der Waals surface area contributed by atoms with Crippen LogP contribution in [0.25, 0.3) is 0 Å². The average Bonchev–Trinajstić information content (AvgIpc) is 2.64. The molecule has 1 aromatic rings. The Morgan fingerprint density at radius 3 is 2.44 bits per heavy atom. The lowest BCUT2D eigenvalue weighted by molar-refractivity contribution is 0.0477. The topological polar surface area (TPSA) is 33.5 Å². The number of amides is 1. The highest BCUT2D eigenvalue weighted by Gasteiger charge is 2.30. The molecule has 3 heteroatoms. The number of carbonyl (C=O) groups excluding carboxylic acids is 1. The first-order chi connectivity index (χ1) is 7.59. The number of nitrogens with zero attached hydrogens (tertiary/aromatic N) is 1. The van der Waals surface area contributed by atoms with Gasteiger partial charge < -0.3 is 9.32 Å². The molecule has 0 radical (unpaired) electrons. The van der Waals surface area contributed by atoms with Gasteiger partial charge in [0.25, 0.3) is 5.91 Å². The quantitative estimate of drug-likeness (QED) is 0.730. The van der Waals surface area contributed by atoms with Gasteiger partial charge in [0.1, 0.15) is 5.76 Å². The van der Waals surface area contributed by atoms with Crippen LogP contribution in [0.2, 0.25) is 0 Å². The van der Waals surface area contributed by atoms with Crippen LogP contribution in [0, 0.1) is 6.92 Å². The van der Waals surface area contributed by atoms with Crippen molar-refractivity contribution < 1.29 is 9.21 Å². The van der Waals surface area contributed by atoms with Gasteiger partial charge in [-0.25, -0.2) is 0 Å². The fraction of sp³-hybridized carbons (Fsp3) is 0.615. The zero-order valence-electron chi connectivity index (χ0n) is 10.2. The maximum atomic E-state index is 12.3. The number of furan rings is 1. The van der Waals surface area contributed by atoms with Gasteiger partial charge in [0.2, 0.25) is 0 Å². The predicted molar refractivity (Wildman–Crippen MR) is 62.4 cm³/mol. The lowest BCUT2D eigenvalue weighted by Crippen LogP contribution is -2.47. The van der Waals surface area contributed by atoms with Gasteiger partial charge in [0, 0.05) is 12.1 Å². The van der Waals surface area contributed by atoms with E-state index in [1.54, 1.807) is 6.07 Å². The molecule has 0 spiro atoms. The highest BCUT2D eigenvalue weighted by atomic mass is 16.3. The molecule has 2 rings (SSSR count). The van der Waals surface area contributed by atoms with E-state index in [-0.39, 0.29) is 5.91 Å². The second kappa shape index (κ2) is 4.32. The van der Waals surface area contributed by atoms with Crippen LogP contribution in [0.5, 0.6) is 0 Å². The second-order valence-electron chi connectivity index (χ2n) is 4.75. The third-order valence-corrected chi connectivity index (χ3v) is 3.38. The molecule has 1 aromatic heterocycles. The summed E-state index contributed by atoms with van der Waals surface area (Å²) in [4.78, 5) is 14.2. The Hall–Kier alpha value is -1.25. The standard InChI is InChI=1S/C13H19NO2/c1-9-5-4-6-10(2)14(9)13(15)12-8-7-11(3)16-12/h7-10H,4-6H2,1-3H3/t9-,10+. The third kappa shape index (κ3) is 1.99. The van der Waals surface area contributed by atoms with E-state index in [9.17, 15) is 4.79 Å². The van der Waals surface area contributed by atoms with Gasteiger partial charge in [0.05, 0.1) is 0 Å². The highest BCUT2D eigenvalue weighted by Crippen LogP contribution is 2.25. The number of rotatable bonds is 1. The minimum Gasteiger partial charge on any atom is -0.456 e. The predicted octanol–water partition coefficient (Wildman–Crippen LogP) is 2.99. The SMILES string of the molecule is Cc1ccc(C(=O)N2[C@H](C)CCC[C@@H]2C)o1. The minimum absolute atomic E-state index is 0.0350. The molecule has 0 N–H and O–H groups in total. The van der Waals surface area contributed by atoms with Crippen LogP contribution in [0.3, 0.4) is 0 Å². The van der Waals surface area contributed by atoms with E-state index < -0.39 is 0 Å². The smallest absolute Gasteiger partial charge is 0.290 e. The Labute approximate surface area is 96.4 Å². The molecule has 0 aromatic carbocycles. The average molecular weight is 221 g/mol. The maximum absolute atomic E-state index is 12.3. The van der Waals surface area contributed by atoms with E-state index in [1.165, 1.54) is 6.42 Å². The molecular formula is C13H19NO2. The van der Waals surface area contributed by atoms with E-state index >= 15 is 0 Å². The zero-order valence-corrected chi connectivity index (χ0v) is 10.2. The number of carbonyl (C=O) groups is 1. The van der Waals surface area contributed by atoms with E-state index in [0.717, 1.165) is 18.6 Å². The van der Waals surface area contributed by atoms with Crippen LogP contribution in [0.15, 0.2) is 16.5 Å². The van der Waals surface area contributed by atoms with Crippen LogP contribution in [-0.2, 0) is 0 Å². The molecule has 3 nitrogen and oxygen atoms in total. The largest absolute Gasteiger partial charge is 0.456 e. The third-order valence-electron chi connectivity index (χ3n) is 3.38. The summed E-state index contributed by atoms with van der Waals surface area (Å²) in [6.07, 6.45) is 3.40. The van der Waals surface area contributed by atoms with E-state index in [0.29, 0.717) is 17.8 Å². The van der Waals surface area contributed by atoms with Crippen molar-refractivity contribution in [1.82, 2.24) is 4.90 Å². The molecule has 1 saturated heterocycles. The van der Waals surface area contributed by atoms with Gasteiger partial charge in [-0.1, -0.05) is 0 Å². The highest BCUT2D eigenvalue weighted by molar-refractivity contribution is 5.92. The number of likely N-dealkylation sites (tertiary alicyclic amines) is 1. The molecule has 2 atom stereocenters. The summed E-state index contributed by atoms with van der Waals surface area (Å²) in [6, 6.07) is 4.25. The monoisotopic (exact) mass is 221 g/mol. The Kier molecular flexibility index (Phi) is 3.03. The van der Waals surface area contributed by atoms with Gasteiger partial charge in [-0.2, -0.15) is 0 Å². The van der Waals surface area contributed by atoms with Crippen LogP contribution in [0.1, 0.15) is 49.4 Å². The van der Waals surface area contributed by atoms with Crippen molar-refractivity contribution in [3.8, 4) is 0 Å². The number of hydrogen-bond acceptors (Lipinski definition) is 2. The molecule has 88 valence electrons. The molecule has 16 heavy (non-hydrogen) atoms. The summed E-state index contributed by atoms with van der Waals surface area (Å²) in [5.41, 5.74) is 0. The van der Waals surface area contributed by atoms with E-state index in [4.69, 9.17) is 4.42 Å². The molecule has 0 aliphatic carbocycles. The second-order valence-corrected chi connectivity index (χ2v) is 4.75. The van der Waals surface area contributed by atoms with Crippen molar-refractivity contribution >= 4 is 5.91 Å². The first-order valence-corrected chi connectivity index (χ1v) is 5.98. The lowest BCUT2D eigenvalue weighted by Gasteiger charge is -2.38. The van der Waals surface area contributed by atoms with Crippen LogP contribution in [0.4, 0.5) is 0 Å². The first kappa shape index (κ1) is 11.2. The fourth-order valence-electron chi connectivity index (χ4n) is 2.50. The molecule has 1 amide bonds. The summed E-state index contributed by atoms with van der Waals surface area (Å²) in [5, 5.41) is 0. The Morgan fingerprint density at radius 2 is 1.94 bits per heavy atom. The Balaban J connectivity index is 2.19. The summed E-state index contributed by atoms with van der Waals surface area (Å²) >= 11 is 0. The summed E-state index contributed by atoms with van der Waals surface area (Å²) in [6.45, 7) is 6.09. The van der Waals surface area contributed by atoms with Crippen molar-refractivity contribution in [2.75, 3.05) is 0 Å². The minimum atomic E-state index is 0.0350. The van der Waals surface area contributed by atoms with Crippen molar-refractivity contribution in [2.24, 2.45) is 0 Å². The number of aryl methyl sites for hydroxylation is 1. The molecule has 1 aliphatic rings. The van der Waals surface area contributed by atoms with Gasteiger partial charge in [0.15, 0.2) is 5.76 Å². The lowest BCUT2D eigenvalue weighted by atomic mass is 9.97. The molecule has 1 fully saturated rings. The Bertz CT molecular complexity index is 373. The molecule has 1 aliphatic heterocycles. The summed E-state index contributed by atoms with van der Waals surface area (Å²) in [7, 11) is 0. The number of hydrogen-bond donors (Lipinski definition) is 0. The first-order valence-electron chi connectivity index (χ1n) is 5.98. The summed E-state index contributed by atoms with van der Waals surface area (Å²) < 4.78 is 5.40. The molecule has 2 heterocycles. The van der Waals surface area contributed by atoms with Crippen molar-refractivity contribution in [1.29, 1.82) is 0 Å². The molecule has 0 unspecified atom stereocenters. The van der Waals surface area contributed by atoms with Gasteiger partial charge in [-0.05, 0) is 52.2 Å². The number of piperidine rings is 1. The van der Waals surface area contributed by atoms with Crippen LogP contribution >= 0.6 is 0 Å². The molecule has 0 bridgehead atoms. The Morgan fingerprint density at radius 1 is 1.31 bits per heavy atom. The van der Waals surface area contributed by atoms with Gasteiger partial charge >= 0.3 is 0 Å². The fourth-order valence-corrected chi connectivity index (χ4v) is 2.50. The van der Waals surface area contributed by atoms with Gasteiger partial charge in [-0.3, -0.25) is 4.79 Å². The van der Waals surface area contributed by atoms with Crippen molar-refractivity contribution in [3.63, 3.8) is 0 Å². The van der Waals surface area contributed by atoms with Gasteiger partial charge in [-0.15, -0.1) is 0 Å². The molecule has 0 saturated carbocycles. The molecular weight excluding hydrogens is 202 g/mol.